The van der Waals surface area contributed by atoms with E-state index in [1.54, 1.807) is 0 Å². The Hall–Kier alpha value is -3.87. The molecule has 0 atom stereocenters. The molecular weight excluding hydrogens is 752 g/mol. The summed E-state index contributed by atoms with van der Waals surface area (Å²) in [6.07, 6.45) is 0. The van der Waals surface area contributed by atoms with Crippen molar-refractivity contribution in [2.45, 2.75) is 79.1 Å². The van der Waals surface area contributed by atoms with Gasteiger partial charge in [-0.3, -0.25) is 43.6 Å². The van der Waals surface area contributed by atoms with Crippen molar-refractivity contribution in [1.82, 2.24) is 30.2 Å². The second kappa shape index (κ2) is 24.9. The molecule has 58 heavy (non-hydrogen) atoms. The number of ether oxygens (including phenoxy) is 5. The van der Waals surface area contributed by atoms with Crippen molar-refractivity contribution in [1.29, 1.82) is 0 Å². The van der Waals surface area contributed by atoms with Crippen molar-refractivity contribution in [3.05, 3.63) is 29.8 Å². The van der Waals surface area contributed by atoms with Crippen LogP contribution in [0.4, 0.5) is 0 Å². The van der Waals surface area contributed by atoms with Crippen LogP contribution in [0, 0.1) is 0 Å². The van der Waals surface area contributed by atoms with Crippen LogP contribution in [-0.2, 0) is 42.9 Å². The van der Waals surface area contributed by atoms with Gasteiger partial charge in [-0.25, -0.2) is 0 Å². The predicted octanol–water partition coefficient (Wildman–Crippen LogP) is 1.52. The molecule has 0 unspecified atom stereocenters. The maximum absolute atomic E-state index is 13.1. The third kappa shape index (κ3) is 24.8. The molecule has 1 aromatic rings. The van der Waals surface area contributed by atoms with Gasteiger partial charge in [0.1, 0.15) is 22.6 Å². The molecule has 2 rings (SSSR count). The summed E-state index contributed by atoms with van der Waals surface area (Å²) in [6, 6.07) is 5.97. The highest BCUT2D eigenvalue weighted by Gasteiger charge is 2.26. The van der Waals surface area contributed by atoms with Gasteiger partial charge in [-0.15, -0.1) is 0 Å². The zero-order chi connectivity index (χ0) is 43.4. The number of carbonyl (C=O) groups excluding carboxylic acids is 5. The Morgan fingerprint density at radius 3 is 1.19 bits per heavy atom. The Bertz CT molecular complexity index is 1380. The molecule has 0 bridgehead atoms. The molecule has 0 saturated carbocycles. The molecule has 1 saturated heterocycles. The van der Waals surface area contributed by atoms with Gasteiger partial charge >= 0.3 is 17.9 Å². The number of carbonyl (C=O) groups is 5. The van der Waals surface area contributed by atoms with E-state index in [0.717, 1.165) is 0 Å². The predicted molar refractivity (Wildman–Crippen MR) is 218 cm³/mol. The first-order valence-electron chi connectivity index (χ1n) is 20.1. The highest BCUT2D eigenvalue weighted by atomic mass is 16.6. The van der Waals surface area contributed by atoms with Crippen molar-refractivity contribution >= 4 is 29.7 Å². The van der Waals surface area contributed by atoms with Gasteiger partial charge in [0.2, 0.25) is 5.91 Å². The first kappa shape index (κ1) is 50.3. The van der Waals surface area contributed by atoms with Gasteiger partial charge in [-0.2, -0.15) is 0 Å². The molecule has 3 N–H and O–H groups in total. The van der Waals surface area contributed by atoms with Crippen LogP contribution < -0.4 is 10.6 Å². The molecule has 330 valence electrons. The average molecular weight is 823 g/mol. The van der Waals surface area contributed by atoms with Gasteiger partial charge in [0.05, 0.1) is 52.6 Å². The Morgan fingerprint density at radius 2 is 0.845 bits per heavy atom. The van der Waals surface area contributed by atoms with E-state index in [0.29, 0.717) is 90.8 Å². The van der Waals surface area contributed by atoms with Crippen LogP contribution in [0.1, 0.15) is 72.7 Å². The Labute approximate surface area is 345 Å². The summed E-state index contributed by atoms with van der Waals surface area (Å²) in [7, 11) is 0. The number of esters is 3. The quantitative estimate of drug-likeness (QED) is 0.110. The van der Waals surface area contributed by atoms with Crippen molar-refractivity contribution in [2.75, 3.05) is 118 Å². The van der Waals surface area contributed by atoms with Crippen LogP contribution in [0.25, 0.3) is 0 Å². The lowest BCUT2D eigenvalue weighted by molar-refractivity contribution is -0.158. The number of hydrogen-bond donors (Lipinski definition) is 3. The van der Waals surface area contributed by atoms with Gasteiger partial charge in [0.25, 0.3) is 5.91 Å². The van der Waals surface area contributed by atoms with E-state index in [1.165, 1.54) is 24.3 Å². The summed E-state index contributed by atoms with van der Waals surface area (Å²) in [5, 5.41) is 15.0. The van der Waals surface area contributed by atoms with Crippen molar-refractivity contribution < 1.29 is 52.8 Å². The van der Waals surface area contributed by atoms with Crippen molar-refractivity contribution in [2.24, 2.45) is 0 Å². The lowest BCUT2D eigenvalue weighted by Gasteiger charge is -2.34. The lowest BCUT2D eigenvalue weighted by Crippen LogP contribution is -2.50. The van der Waals surface area contributed by atoms with Crippen LogP contribution in [0.5, 0.6) is 5.75 Å². The molecule has 1 aliphatic rings. The summed E-state index contributed by atoms with van der Waals surface area (Å²) >= 11 is 0. The maximum atomic E-state index is 13.1. The molecule has 0 spiro atoms. The van der Waals surface area contributed by atoms with Crippen LogP contribution in [-0.4, -0.2) is 189 Å². The van der Waals surface area contributed by atoms with Gasteiger partial charge in [0.15, 0.2) is 0 Å². The Kier molecular flexibility index (Phi) is 21.6. The normalized spacial score (nSPS) is 16.1. The number of hydrogen-bond acceptors (Lipinski definition) is 15. The summed E-state index contributed by atoms with van der Waals surface area (Å²) in [6.45, 7) is 22.0. The number of aromatic hydroxyl groups is 1. The van der Waals surface area contributed by atoms with Crippen LogP contribution in [0.15, 0.2) is 24.3 Å². The minimum absolute atomic E-state index is 0.0395. The molecule has 2 amide bonds. The number of nitrogens with zero attached hydrogens (tertiary/aromatic N) is 4. The number of phenols is 1. The number of benzene rings is 1. The van der Waals surface area contributed by atoms with E-state index in [-0.39, 0.29) is 68.3 Å². The SMILES string of the molecule is CC(C)(C)OC(=O)CN1CCN(CC(=O)NCCOCCOCCNC(=O)c2ccc(O)cc2)CCN(CC(=O)OC(C)(C)C)CCN(CC(=O)OC(C)(C)C)CC1. The minimum atomic E-state index is -0.653. The van der Waals surface area contributed by atoms with E-state index in [4.69, 9.17) is 23.7 Å². The second-order valence-electron chi connectivity index (χ2n) is 17.2. The number of nitrogens with one attached hydrogen (secondary N) is 2. The first-order chi connectivity index (χ1) is 27.1. The van der Waals surface area contributed by atoms with E-state index >= 15 is 0 Å². The highest BCUT2D eigenvalue weighted by Crippen LogP contribution is 2.12. The van der Waals surface area contributed by atoms with Gasteiger partial charge in [0, 0.05) is 71.0 Å². The van der Waals surface area contributed by atoms with Gasteiger partial charge in [-0.05, 0) is 86.6 Å². The molecule has 0 aliphatic carbocycles. The topological polar surface area (TPSA) is 189 Å². The molecule has 1 aliphatic heterocycles. The lowest BCUT2D eigenvalue weighted by atomic mass is 10.2. The van der Waals surface area contributed by atoms with Gasteiger partial charge in [-0.1, -0.05) is 0 Å². The van der Waals surface area contributed by atoms with Gasteiger partial charge < -0.3 is 39.4 Å². The summed E-state index contributed by atoms with van der Waals surface area (Å²) in [5.74, 6) is -1.46. The largest absolute Gasteiger partial charge is 0.508 e. The standard InChI is InChI=1S/C41H70N6O11/c1-39(2,3)56-35(50)29-45-18-16-44(28-34(49)42-14-24-54-26-27-55-25-15-43-38(53)32-10-12-33(48)13-11-32)17-19-46(30-36(51)57-40(4,5)6)21-23-47(22-20-45)31-37(52)58-41(7,8)9/h10-13,48H,14-31H2,1-9H3,(H,42,49)(H,43,53). The molecule has 1 fully saturated rings. The fourth-order valence-electron chi connectivity index (χ4n) is 5.68. The molecule has 1 aromatic carbocycles. The summed E-state index contributed by atoms with van der Waals surface area (Å²) < 4.78 is 28.0. The monoisotopic (exact) mass is 823 g/mol. The van der Waals surface area contributed by atoms with Crippen LogP contribution in [0.3, 0.4) is 0 Å². The second-order valence-corrected chi connectivity index (χ2v) is 17.2. The minimum Gasteiger partial charge on any atom is -0.508 e. The molecule has 1 heterocycles. The molecular formula is C41H70N6O11. The van der Waals surface area contributed by atoms with E-state index in [1.807, 2.05) is 81.9 Å². The van der Waals surface area contributed by atoms with Crippen LogP contribution in [0.2, 0.25) is 0 Å². The summed E-state index contributed by atoms with van der Waals surface area (Å²) in [5.41, 5.74) is -1.51. The molecule has 0 radical (unpaired) electrons. The third-order valence-electron chi connectivity index (χ3n) is 8.22. The average Bonchev–Trinajstić information content (AvgIpc) is 3.07. The molecule has 17 heteroatoms. The molecule has 0 aromatic heterocycles. The van der Waals surface area contributed by atoms with E-state index in [9.17, 15) is 29.1 Å². The fraction of sp³-hybridized carbons (Fsp3) is 0.732. The zero-order valence-electron chi connectivity index (χ0n) is 36.4. The number of amides is 2. The fourth-order valence-corrected chi connectivity index (χ4v) is 5.68. The smallest absolute Gasteiger partial charge is 0.320 e. The Morgan fingerprint density at radius 1 is 0.517 bits per heavy atom. The first-order valence-corrected chi connectivity index (χ1v) is 20.1. The highest BCUT2D eigenvalue weighted by molar-refractivity contribution is 5.94. The van der Waals surface area contributed by atoms with E-state index < -0.39 is 16.8 Å². The maximum Gasteiger partial charge on any atom is 0.320 e. The third-order valence-corrected chi connectivity index (χ3v) is 8.22. The van der Waals surface area contributed by atoms with Crippen LogP contribution >= 0.6 is 0 Å². The Balaban J connectivity index is 1.98. The van der Waals surface area contributed by atoms with Crippen molar-refractivity contribution in [3.63, 3.8) is 0 Å². The number of rotatable bonds is 18. The molecule has 17 nitrogen and oxygen atoms in total. The number of phenolic OH excluding ortho intramolecular Hbond substituents is 1. The van der Waals surface area contributed by atoms with E-state index in [2.05, 4.69) is 10.6 Å². The van der Waals surface area contributed by atoms with Crippen molar-refractivity contribution in [3.8, 4) is 5.75 Å². The zero-order valence-corrected chi connectivity index (χ0v) is 36.4. The summed E-state index contributed by atoms with van der Waals surface area (Å²) in [4.78, 5) is 72.0.